The molecule has 1 aromatic carbocycles. The first-order valence-electron chi connectivity index (χ1n) is 8.12. The molecule has 0 saturated carbocycles. The molecule has 0 bridgehead atoms. The van der Waals surface area contributed by atoms with Gasteiger partial charge in [-0.25, -0.2) is 4.68 Å². The van der Waals surface area contributed by atoms with E-state index < -0.39 is 0 Å². The van der Waals surface area contributed by atoms with Crippen molar-refractivity contribution in [3.05, 3.63) is 24.4 Å². The quantitative estimate of drug-likeness (QED) is 0.922. The predicted molar refractivity (Wildman–Crippen MR) is 86.9 cm³/mol. The van der Waals surface area contributed by atoms with Crippen molar-refractivity contribution in [1.82, 2.24) is 9.78 Å². The molecule has 5 heteroatoms. The molecule has 5 nitrogen and oxygen atoms in total. The Balaban J connectivity index is 1.74. The van der Waals surface area contributed by atoms with Gasteiger partial charge in [0.1, 0.15) is 12.4 Å². The van der Waals surface area contributed by atoms with Crippen molar-refractivity contribution >= 4 is 10.9 Å². The molecule has 2 heterocycles. The summed E-state index contributed by atoms with van der Waals surface area (Å²) in [6.45, 7) is 5.56. The first-order chi connectivity index (χ1) is 10.6. The molecule has 0 amide bonds. The molecule has 1 aliphatic rings. The molecule has 3 rings (SSSR count). The number of nitrogens with two attached hydrogens (primary N) is 1. The molecule has 1 aromatic heterocycles. The highest BCUT2D eigenvalue weighted by atomic mass is 16.5. The largest absolute Gasteiger partial charge is 0.492 e. The molecule has 2 N–H and O–H groups in total. The van der Waals surface area contributed by atoms with Crippen molar-refractivity contribution in [2.45, 2.75) is 45.4 Å². The van der Waals surface area contributed by atoms with E-state index in [4.69, 9.17) is 15.2 Å². The maximum atomic E-state index is 6.02. The number of fused-ring (bicyclic) bond motifs is 1. The zero-order valence-corrected chi connectivity index (χ0v) is 13.4. The minimum atomic E-state index is 0.0501. The first kappa shape index (κ1) is 15.3. The Morgan fingerprint density at radius 3 is 3.00 bits per heavy atom. The number of ether oxygens (including phenoxy) is 2. The Labute approximate surface area is 131 Å². The van der Waals surface area contributed by atoms with Gasteiger partial charge in [-0.1, -0.05) is 13.8 Å². The van der Waals surface area contributed by atoms with Crippen molar-refractivity contribution in [1.29, 1.82) is 0 Å². The molecule has 0 radical (unpaired) electrons. The molecule has 1 aliphatic heterocycles. The molecule has 1 fully saturated rings. The predicted octanol–water partition coefficient (Wildman–Crippen LogP) is 3.10. The highest BCUT2D eigenvalue weighted by Crippen LogP contribution is 2.28. The summed E-state index contributed by atoms with van der Waals surface area (Å²) < 4.78 is 13.6. The van der Waals surface area contributed by atoms with Gasteiger partial charge in [-0.05, 0) is 43.4 Å². The van der Waals surface area contributed by atoms with Crippen LogP contribution in [0.25, 0.3) is 10.9 Å². The zero-order valence-electron chi connectivity index (χ0n) is 13.4. The molecule has 2 aromatic rings. The summed E-state index contributed by atoms with van der Waals surface area (Å²) in [5, 5.41) is 5.57. The molecule has 2 unspecified atom stereocenters. The lowest BCUT2D eigenvalue weighted by molar-refractivity contribution is -0.0366. The van der Waals surface area contributed by atoms with Gasteiger partial charge in [-0.2, -0.15) is 5.10 Å². The van der Waals surface area contributed by atoms with E-state index in [2.05, 4.69) is 25.0 Å². The summed E-state index contributed by atoms with van der Waals surface area (Å²) in [5.41, 5.74) is 7.11. The number of hydrogen-bond acceptors (Lipinski definition) is 4. The molecule has 120 valence electrons. The van der Waals surface area contributed by atoms with Gasteiger partial charge in [0, 0.05) is 18.0 Å². The third-order valence-electron chi connectivity index (χ3n) is 4.29. The topological polar surface area (TPSA) is 62.3 Å². The normalized spacial score (nSPS) is 20.5. The van der Waals surface area contributed by atoms with Gasteiger partial charge in [-0.15, -0.1) is 0 Å². The molecule has 1 saturated heterocycles. The van der Waals surface area contributed by atoms with Crippen LogP contribution in [-0.2, 0) is 4.74 Å². The lowest BCUT2D eigenvalue weighted by Gasteiger charge is -2.23. The number of rotatable bonds is 5. The lowest BCUT2D eigenvalue weighted by atomic mass is 10.1. The number of benzene rings is 1. The van der Waals surface area contributed by atoms with E-state index in [1.54, 1.807) is 0 Å². The maximum Gasteiger partial charge on any atom is 0.150 e. The fourth-order valence-electron chi connectivity index (χ4n) is 2.65. The second kappa shape index (κ2) is 6.67. The lowest BCUT2D eigenvalue weighted by Crippen LogP contribution is -2.32. The van der Waals surface area contributed by atoms with E-state index in [-0.39, 0.29) is 12.3 Å². The van der Waals surface area contributed by atoms with Gasteiger partial charge in [0.25, 0.3) is 0 Å². The standard InChI is InChI=1S/C17H25N3O2/c1-12(2)15(18)11-22-14-6-7-16-13(9-14)10-19-20(16)17-5-3-4-8-21-17/h6-7,9-10,12,15,17H,3-5,8,11,18H2,1-2H3. The minimum Gasteiger partial charge on any atom is -0.492 e. The molecule has 22 heavy (non-hydrogen) atoms. The van der Waals surface area contributed by atoms with Crippen LogP contribution in [0.2, 0.25) is 0 Å². The number of nitrogens with zero attached hydrogens (tertiary/aromatic N) is 2. The van der Waals surface area contributed by atoms with Crippen molar-refractivity contribution in [3.63, 3.8) is 0 Å². The Kier molecular flexibility index (Phi) is 4.64. The Morgan fingerprint density at radius 2 is 2.27 bits per heavy atom. The summed E-state index contributed by atoms with van der Waals surface area (Å²) in [7, 11) is 0. The maximum absolute atomic E-state index is 6.02. The summed E-state index contributed by atoms with van der Waals surface area (Å²) in [4.78, 5) is 0. The van der Waals surface area contributed by atoms with Gasteiger partial charge in [0.2, 0.25) is 0 Å². The average Bonchev–Trinajstić information content (AvgIpc) is 2.96. The second-order valence-electron chi connectivity index (χ2n) is 6.35. The molecular formula is C17H25N3O2. The van der Waals surface area contributed by atoms with Crippen LogP contribution in [0, 0.1) is 5.92 Å². The second-order valence-corrected chi connectivity index (χ2v) is 6.35. The molecule has 0 spiro atoms. The van der Waals surface area contributed by atoms with Crippen LogP contribution >= 0.6 is 0 Å². The highest BCUT2D eigenvalue weighted by molar-refractivity contribution is 5.80. The molecule has 0 aliphatic carbocycles. The van der Waals surface area contributed by atoms with Crippen LogP contribution in [0.4, 0.5) is 0 Å². The third kappa shape index (κ3) is 3.25. The van der Waals surface area contributed by atoms with Gasteiger partial charge in [0.15, 0.2) is 6.23 Å². The Hall–Kier alpha value is -1.59. The van der Waals surface area contributed by atoms with E-state index >= 15 is 0 Å². The first-order valence-corrected chi connectivity index (χ1v) is 8.12. The van der Waals surface area contributed by atoms with E-state index in [0.29, 0.717) is 12.5 Å². The van der Waals surface area contributed by atoms with Crippen LogP contribution < -0.4 is 10.5 Å². The van der Waals surface area contributed by atoms with Crippen molar-refractivity contribution in [2.24, 2.45) is 11.7 Å². The van der Waals surface area contributed by atoms with Crippen molar-refractivity contribution in [2.75, 3.05) is 13.2 Å². The van der Waals surface area contributed by atoms with Gasteiger partial charge in [-0.3, -0.25) is 0 Å². The molecular weight excluding hydrogens is 278 g/mol. The van der Waals surface area contributed by atoms with E-state index in [9.17, 15) is 0 Å². The fraction of sp³-hybridized carbons (Fsp3) is 0.588. The van der Waals surface area contributed by atoms with Crippen LogP contribution in [0.3, 0.4) is 0 Å². The van der Waals surface area contributed by atoms with E-state index in [1.165, 1.54) is 6.42 Å². The summed E-state index contributed by atoms with van der Waals surface area (Å²) in [6, 6.07) is 6.11. The summed E-state index contributed by atoms with van der Waals surface area (Å²) in [5.74, 6) is 1.25. The Morgan fingerprint density at radius 1 is 1.41 bits per heavy atom. The van der Waals surface area contributed by atoms with Crippen LogP contribution in [-0.4, -0.2) is 29.0 Å². The van der Waals surface area contributed by atoms with Crippen LogP contribution in [0.15, 0.2) is 24.4 Å². The average molecular weight is 303 g/mol. The van der Waals surface area contributed by atoms with Crippen LogP contribution in [0.5, 0.6) is 5.75 Å². The number of hydrogen-bond donors (Lipinski definition) is 1. The van der Waals surface area contributed by atoms with E-state index in [1.807, 2.05) is 23.0 Å². The van der Waals surface area contributed by atoms with Crippen LogP contribution in [0.1, 0.15) is 39.3 Å². The summed E-state index contributed by atoms with van der Waals surface area (Å²) in [6.07, 6.45) is 5.30. The molecule has 2 atom stereocenters. The highest BCUT2D eigenvalue weighted by Gasteiger charge is 2.18. The van der Waals surface area contributed by atoms with Gasteiger partial charge >= 0.3 is 0 Å². The van der Waals surface area contributed by atoms with Gasteiger partial charge in [0.05, 0.1) is 11.7 Å². The zero-order chi connectivity index (χ0) is 15.5. The Bertz CT molecular complexity index is 617. The van der Waals surface area contributed by atoms with Crippen molar-refractivity contribution < 1.29 is 9.47 Å². The minimum absolute atomic E-state index is 0.0501. The SMILES string of the molecule is CC(C)C(N)COc1ccc2c(cnn2C2CCCCO2)c1. The van der Waals surface area contributed by atoms with E-state index in [0.717, 1.165) is 36.1 Å². The summed E-state index contributed by atoms with van der Waals surface area (Å²) >= 11 is 0. The smallest absolute Gasteiger partial charge is 0.150 e. The van der Waals surface area contributed by atoms with Gasteiger partial charge < -0.3 is 15.2 Å². The third-order valence-corrected chi connectivity index (χ3v) is 4.29. The number of aromatic nitrogens is 2. The van der Waals surface area contributed by atoms with Crippen molar-refractivity contribution in [3.8, 4) is 5.75 Å². The monoisotopic (exact) mass is 303 g/mol. The fourth-order valence-corrected chi connectivity index (χ4v) is 2.65.